The molecule has 2 nitrogen and oxygen atoms in total. The fourth-order valence-electron chi connectivity index (χ4n) is 1.86. The van der Waals surface area contributed by atoms with E-state index < -0.39 is 0 Å². The van der Waals surface area contributed by atoms with E-state index in [-0.39, 0.29) is 0 Å². The van der Waals surface area contributed by atoms with Crippen LogP contribution >= 0.6 is 27.7 Å². The molecule has 0 bridgehead atoms. The highest BCUT2D eigenvalue weighted by Crippen LogP contribution is 2.31. The first kappa shape index (κ1) is 13.3. The summed E-state index contributed by atoms with van der Waals surface area (Å²) in [6.45, 7) is 0.965. The molecular weight excluding hydrogens is 322 g/mol. The molecule has 0 atom stereocenters. The zero-order valence-electron chi connectivity index (χ0n) is 10.6. The summed E-state index contributed by atoms with van der Waals surface area (Å²) >= 11 is 5.44. The van der Waals surface area contributed by atoms with Gasteiger partial charge in [-0.2, -0.15) is 0 Å². The first-order valence-corrected chi connectivity index (χ1v) is 8.26. The molecule has 0 radical (unpaired) electrons. The molecule has 0 spiro atoms. The number of halogens is 1. The van der Waals surface area contributed by atoms with E-state index in [4.69, 9.17) is 4.42 Å². The van der Waals surface area contributed by atoms with Crippen LogP contribution in [0.25, 0.3) is 0 Å². The van der Waals surface area contributed by atoms with Crippen molar-refractivity contribution in [1.29, 1.82) is 0 Å². The van der Waals surface area contributed by atoms with E-state index in [0.29, 0.717) is 0 Å². The maximum absolute atomic E-state index is 5.34. The van der Waals surface area contributed by atoms with Crippen molar-refractivity contribution < 1.29 is 4.42 Å². The average Bonchev–Trinajstić information content (AvgIpc) is 3.10. The molecule has 1 heterocycles. The summed E-state index contributed by atoms with van der Waals surface area (Å²) in [5, 5.41) is 3.53. The third-order valence-electron chi connectivity index (χ3n) is 3.12. The van der Waals surface area contributed by atoms with Crippen LogP contribution in [-0.2, 0) is 12.3 Å². The van der Waals surface area contributed by atoms with Gasteiger partial charge in [-0.1, -0.05) is 6.07 Å². The van der Waals surface area contributed by atoms with Crippen molar-refractivity contribution >= 4 is 27.7 Å². The van der Waals surface area contributed by atoms with Gasteiger partial charge in [-0.25, -0.2) is 0 Å². The molecule has 0 amide bonds. The molecule has 1 N–H and O–H groups in total. The molecule has 0 aliphatic heterocycles. The summed E-state index contributed by atoms with van der Waals surface area (Å²) in [6.07, 6.45) is 4.38. The Bertz CT molecular complexity index is 537. The average molecular weight is 338 g/mol. The van der Waals surface area contributed by atoms with Gasteiger partial charge in [0.15, 0.2) is 0 Å². The van der Waals surface area contributed by atoms with Crippen molar-refractivity contribution in [3.8, 4) is 0 Å². The van der Waals surface area contributed by atoms with Crippen molar-refractivity contribution in [3.63, 3.8) is 0 Å². The first-order chi connectivity index (χ1) is 9.31. The van der Waals surface area contributed by atoms with Gasteiger partial charge in [0.2, 0.25) is 0 Å². The lowest BCUT2D eigenvalue weighted by Crippen LogP contribution is -2.15. The third-order valence-corrected chi connectivity index (χ3v) is 5.13. The molecule has 1 aromatic heterocycles. The van der Waals surface area contributed by atoms with Gasteiger partial charge >= 0.3 is 0 Å². The SMILES string of the molecule is Brc1cc(CNC2CC2)ccc1SCc1ccco1. The largest absolute Gasteiger partial charge is 0.468 e. The molecule has 4 heteroatoms. The van der Waals surface area contributed by atoms with Crippen LogP contribution < -0.4 is 5.32 Å². The quantitative estimate of drug-likeness (QED) is 0.780. The molecule has 0 saturated heterocycles. The number of hydrogen-bond donors (Lipinski definition) is 1. The Kier molecular flexibility index (Phi) is 4.31. The van der Waals surface area contributed by atoms with Crippen LogP contribution in [0.2, 0.25) is 0 Å². The molecule has 0 unspecified atom stereocenters. The van der Waals surface area contributed by atoms with E-state index in [0.717, 1.165) is 24.1 Å². The number of benzene rings is 1. The summed E-state index contributed by atoms with van der Waals surface area (Å²) in [7, 11) is 0. The minimum atomic E-state index is 0.756. The second-order valence-corrected chi connectivity index (χ2v) is 6.66. The fraction of sp³-hybridized carbons (Fsp3) is 0.333. The van der Waals surface area contributed by atoms with Crippen LogP contribution in [0.5, 0.6) is 0 Å². The third kappa shape index (κ3) is 3.88. The lowest BCUT2D eigenvalue weighted by atomic mass is 10.2. The van der Waals surface area contributed by atoms with Crippen molar-refractivity contribution in [1.82, 2.24) is 5.32 Å². The number of hydrogen-bond acceptors (Lipinski definition) is 3. The number of furan rings is 1. The molecule has 1 saturated carbocycles. The predicted molar refractivity (Wildman–Crippen MR) is 82.3 cm³/mol. The molecule has 100 valence electrons. The molecule has 1 aromatic carbocycles. The Morgan fingerprint density at radius 2 is 2.21 bits per heavy atom. The molecule has 1 fully saturated rings. The topological polar surface area (TPSA) is 25.2 Å². The maximum atomic E-state index is 5.34. The van der Waals surface area contributed by atoms with E-state index in [1.807, 2.05) is 12.1 Å². The van der Waals surface area contributed by atoms with E-state index in [1.54, 1.807) is 18.0 Å². The monoisotopic (exact) mass is 337 g/mol. The Morgan fingerprint density at radius 1 is 1.32 bits per heavy atom. The molecule has 2 aromatic rings. The Balaban J connectivity index is 1.58. The van der Waals surface area contributed by atoms with Gasteiger partial charge in [-0.05, 0) is 58.6 Å². The van der Waals surface area contributed by atoms with Gasteiger partial charge in [-0.3, -0.25) is 0 Å². The van der Waals surface area contributed by atoms with E-state index in [9.17, 15) is 0 Å². The molecular formula is C15H16BrNOS. The van der Waals surface area contributed by atoms with Crippen LogP contribution in [0, 0.1) is 0 Å². The highest BCUT2D eigenvalue weighted by atomic mass is 79.9. The minimum Gasteiger partial charge on any atom is -0.468 e. The second kappa shape index (κ2) is 6.16. The molecule has 19 heavy (non-hydrogen) atoms. The van der Waals surface area contributed by atoms with Crippen LogP contribution in [0.3, 0.4) is 0 Å². The van der Waals surface area contributed by atoms with Crippen molar-refractivity contribution in [2.45, 2.75) is 36.1 Å². The van der Waals surface area contributed by atoms with Gasteiger partial charge in [-0.15, -0.1) is 11.8 Å². The summed E-state index contributed by atoms with van der Waals surface area (Å²) in [4.78, 5) is 1.26. The van der Waals surface area contributed by atoms with Crippen LogP contribution in [0.1, 0.15) is 24.2 Å². The highest BCUT2D eigenvalue weighted by Gasteiger charge is 2.19. The predicted octanol–water partition coefficient (Wildman–Crippen LogP) is 4.59. The normalized spacial score (nSPS) is 14.8. The zero-order chi connectivity index (χ0) is 13.1. The van der Waals surface area contributed by atoms with Crippen molar-refractivity contribution in [2.24, 2.45) is 0 Å². The van der Waals surface area contributed by atoms with Crippen LogP contribution in [-0.4, -0.2) is 6.04 Å². The summed E-state index contributed by atoms with van der Waals surface area (Å²) in [6, 6.07) is 11.3. The number of thioether (sulfide) groups is 1. The summed E-state index contributed by atoms with van der Waals surface area (Å²) in [5.41, 5.74) is 1.33. The highest BCUT2D eigenvalue weighted by molar-refractivity contribution is 9.10. The van der Waals surface area contributed by atoms with Crippen LogP contribution in [0.4, 0.5) is 0 Å². The summed E-state index contributed by atoms with van der Waals surface area (Å²) in [5.74, 6) is 1.88. The zero-order valence-corrected chi connectivity index (χ0v) is 13.0. The van der Waals surface area contributed by atoms with Crippen molar-refractivity contribution in [3.05, 3.63) is 52.4 Å². The standard InChI is InChI=1S/C15H16BrNOS/c16-14-8-11(9-17-12-4-5-12)3-6-15(14)19-10-13-2-1-7-18-13/h1-3,6-8,12,17H,4-5,9-10H2. The molecule has 3 rings (SSSR count). The van der Waals surface area contributed by atoms with Gasteiger partial charge in [0.25, 0.3) is 0 Å². The Hall–Kier alpha value is -0.710. The van der Waals surface area contributed by atoms with Gasteiger partial charge in [0.05, 0.1) is 12.0 Å². The second-order valence-electron chi connectivity index (χ2n) is 4.79. The molecule has 1 aliphatic rings. The maximum Gasteiger partial charge on any atom is 0.113 e. The van der Waals surface area contributed by atoms with Crippen molar-refractivity contribution in [2.75, 3.05) is 0 Å². The number of rotatable bonds is 6. The smallest absolute Gasteiger partial charge is 0.113 e. The van der Waals surface area contributed by atoms with Gasteiger partial charge in [0.1, 0.15) is 5.76 Å². The Labute approximate surface area is 126 Å². The van der Waals surface area contributed by atoms with Gasteiger partial charge < -0.3 is 9.73 Å². The first-order valence-electron chi connectivity index (χ1n) is 6.48. The minimum absolute atomic E-state index is 0.756. The number of nitrogens with one attached hydrogen (secondary N) is 1. The Morgan fingerprint density at radius 3 is 2.89 bits per heavy atom. The van der Waals surface area contributed by atoms with E-state index in [1.165, 1.54) is 27.8 Å². The van der Waals surface area contributed by atoms with E-state index in [2.05, 4.69) is 39.4 Å². The fourth-order valence-corrected chi connectivity index (χ4v) is 3.46. The summed E-state index contributed by atoms with van der Waals surface area (Å²) < 4.78 is 6.51. The lowest BCUT2D eigenvalue weighted by Gasteiger charge is -2.07. The molecule has 1 aliphatic carbocycles. The van der Waals surface area contributed by atoms with E-state index >= 15 is 0 Å². The van der Waals surface area contributed by atoms with Crippen LogP contribution in [0.15, 0.2) is 50.4 Å². The lowest BCUT2D eigenvalue weighted by molar-refractivity contribution is 0.530. The van der Waals surface area contributed by atoms with Gasteiger partial charge in [0, 0.05) is 22.0 Å².